The smallest absolute Gasteiger partial charge is 0.216 e. The Kier molecular flexibility index (Phi) is 3.42. The quantitative estimate of drug-likeness (QED) is 0.648. The van der Waals surface area contributed by atoms with Crippen LogP contribution in [0.3, 0.4) is 0 Å². The van der Waals surface area contributed by atoms with Crippen LogP contribution >= 0.6 is 11.8 Å². The van der Waals surface area contributed by atoms with Gasteiger partial charge in [-0.3, -0.25) is 0 Å². The van der Waals surface area contributed by atoms with Crippen LogP contribution in [0.4, 0.5) is 0 Å². The molecule has 0 N–H and O–H groups in total. The van der Waals surface area contributed by atoms with Crippen LogP contribution in [0.25, 0.3) is 0 Å². The predicted molar refractivity (Wildman–Crippen MR) is 45.7 cm³/mol. The van der Waals surface area contributed by atoms with E-state index in [1.807, 2.05) is 18.7 Å². The second kappa shape index (κ2) is 4.38. The SMILES string of the molecule is CSCCCc1nnc(C)o1. The number of aryl methyl sites for hydroxylation is 2. The lowest BCUT2D eigenvalue weighted by atomic mass is 10.3. The van der Waals surface area contributed by atoms with Crippen molar-refractivity contribution in [2.75, 3.05) is 12.0 Å². The van der Waals surface area contributed by atoms with Crippen molar-refractivity contribution in [1.29, 1.82) is 0 Å². The molecule has 0 spiro atoms. The van der Waals surface area contributed by atoms with Gasteiger partial charge in [0, 0.05) is 13.3 Å². The third-order valence-corrected chi connectivity index (χ3v) is 2.00. The summed E-state index contributed by atoms with van der Waals surface area (Å²) >= 11 is 1.84. The zero-order valence-corrected chi connectivity index (χ0v) is 7.65. The van der Waals surface area contributed by atoms with Crippen molar-refractivity contribution in [1.82, 2.24) is 10.2 Å². The molecule has 0 aromatic carbocycles. The fourth-order valence-corrected chi connectivity index (χ4v) is 1.24. The van der Waals surface area contributed by atoms with Crippen LogP contribution in [0, 0.1) is 6.92 Å². The van der Waals surface area contributed by atoms with Gasteiger partial charge in [-0.25, -0.2) is 0 Å². The Balaban J connectivity index is 2.27. The van der Waals surface area contributed by atoms with E-state index >= 15 is 0 Å². The molecule has 0 radical (unpaired) electrons. The average molecular weight is 172 g/mol. The van der Waals surface area contributed by atoms with E-state index in [2.05, 4.69) is 16.5 Å². The molecule has 0 unspecified atom stereocenters. The molecule has 0 fully saturated rings. The van der Waals surface area contributed by atoms with E-state index in [0.717, 1.165) is 24.5 Å². The fourth-order valence-electron chi connectivity index (χ4n) is 0.806. The summed E-state index contributed by atoms with van der Waals surface area (Å²) in [6.07, 6.45) is 4.11. The molecule has 1 aromatic heterocycles. The van der Waals surface area contributed by atoms with Crippen LogP contribution in [-0.2, 0) is 6.42 Å². The molecular formula is C7H12N2OS. The molecule has 3 nitrogen and oxygen atoms in total. The second-order valence-corrected chi connectivity index (χ2v) is 3.30. The summed E-state index contributed by atoms with van der Waals surface area (Å²) in [5, 5.41) is 7.63. The first-order valence-corrected chi connectivity index (χ1v) is 5.00. The minimum absolute atomic E-state index is 0.657. The molecule has 0 aliphatic rings. The maximum absolute atomic E-state index is 5.20. The van der Waals surface area contributed by atoms with E-state index < -0.39 is 0 Å². The lowest BCUT2D eigenvalue weighted by Crippen LogP contribution is -1.87. The molecule has 1 heterocycles. The minimum atomic E-state index is 0.657. The highest BCUT2D eigenvalue weighted by atomic mass is 32.2. The highest BCUT2D eigenvalue weighted by Gasteiger charge is 1.99. The Labute approximate surface area is 70.6 Å². The third-order valence-electron chi connectivity index (χ3n) is 1.31. The van der Waals surface area contributed by atoms with Gasteiger partial charge in [-0.15, -0.1) is 10.2 Å². The molecule has 0 bridgehead atoms. The zero-order chi connectivity index (χ0) is 8.10. The topological polar surface area (TPSA) is 38.9 Å². The van der Waals surface area contributed by atoms with Gasteiger partial charge in [0.15, 0.2) is 0 Å². The van der Waals surface area contributed by atoms with Gasteiger partial charge in [-0.05, 0) is 18.4 Å². The van der Waals surface area contributed by atoms with Crippen molar-refractivity contribution in [3.8, 4) is 0 Å². The van der Waals surface area contributed by atoms with Crippen molar-refractivity contribution in [3.05, 3.63) is 11.8 Å². The van der Waals surface area contributed by atoms with Gasteiger partial charge in [0.1, 0.15) is 0 Å². The van der Waals surface area contributed by atoms with Crippen LogP contribution in [-0.4, -0.2) is 22.2 Å². The average Bonchev–Trinajstić information content (AvgIpc) is 2.37. The van der Waals surface area contributed by atoms with E-state index in [4.69, 9.17) is 4.42 Å². The summed E-state index contributed by atoms with van der Waals surface area (Å²) in [6, 6.07) is 0. The zero-order valence-electron chi connectivity index (χ0n) is 6.83. The van der Waals surface area contributed by atoms with E-state index in [0.29, 0.717) is 5.89 Å². The Morgan fingerprint density at radius 3 is 2.82 bits per heavy atom. The fraction of sp³-hybridized carbons (Fsp3) is 0.714. The van der Waals surface area contributed by atoms with Gasteiger partial charge in [-0.2, -0.15) is 11.8 Å². The summed E-state index contributed by atoms with van der Waals surface area (Å²) in [6.45, 7) is 1.81. The predicted octanol–water partition coefficient (Wildman–Crippen LogP) is 1.67. The number of rotatable bonds is 4. The Morgan fingerprint density at radius 1 is 1.45 bits per heavy atom. The third kappa shape index (κ3) is 2.93. The van der Waals surface area contributed by atoms with Gasteiger partial charge in [0.25, 0.3) is 0 Å². The first-order valence-electron chi connectivity index (χ1n) is 3.61. The molecular weight excluding hydrogens is 160 g/mol. The number of nitrogens with zero attached hydrogens (tertiary/aromatic N) is 2. The normalized spacial score (nSPS) is 10.4. The van der Waals surface area contributed by atoms with Gasteiger partial charge in [0.05, 0.1) is 0 Å². The van der Waals surface area contributed by atoms with Crippen molar-refractivity contribution in [2.45, 2.75) is 19.8 Å². The van der Waals surface area contributed by atoms with Crippen molar-refractivity contribution in [2.24, 2.45) is 0 Å². The first kappa shape index (κ1) is 8.59. The Hall–Kier alpha value is -0.510. The lowest BCUT2D eigenvalue weighted by Gasteiger charge is -1.91. The minimum Gasteiger partial charge on any atom is -0.426 e. The molecule has 1 aromatic rings. The van der Waals surface area contributed by atoms with Crippen LogP contribution in [0.1, 0.15) is 18.2 Å². The molecule has 11 heavy (non-hydrogen) atoms. The molecule has 0 aliphatic heterocycles. The first-order chi connectivity index (χ1) is 5.33. The Morgan fingerprint density at radius 2 is 2.27 bits per heavy atom. The highest BCUT2D eigenvalue weighted by molar-refractivity contribution is 7.98. The summed E-state index contributed by atoms with van der Waals surface area (Å²) in [5.41, 5.74) is 0. The number of hydrogen-bond donors (Lipinski definition) is 0. The van der Waals surface area contributed by atoms with Crippen LogP contribution in [0.2, 0.25) is 0 Å². The maximum Gasteiger partial charge on any atom is 0.216 e. The van der Waals surface area contributed by atoms with E-state index in [1.54, 1.807) is 0 Å². The highest BCUT2D eigenvalue weighted by Crippen LogP contribution is 2.04. The van der Waals surface area contributed by atoms with E-state index in [9.17, 15) is 0 Å². The van der Waals surface area contributed by atoms with Crippen molar-refractivity contribution >= 4 is 11.8 Å². The molecule has 62 valence electrons. The summed E-state index contributed by atoms with van der Waals surface area (Å²) in [5.74, 6) is 2.57. The number of hydrogen-bond acceptors (Lipinski definition) is 4. The van der Waals surface area contributed by atoms with Crippen LogP contribution < -0.4 is 0 Å². The summed E-state index contributed by atoms with van der Waals surface area (Å²) in [7, 11) is 0. The summed E-state index contributed by atoms with van der Waals surface area (Å²) in [4.78, 5) is 0. The Bertz CT molecular complexity index is 212. The molecule has 0 atom stereocenters. The molecule has 0 saturated carbocycles. The number of thioether (sulfide) groups is 1. The van der Waals surface area contributed by atoms with Crippen molar-refractivity contribution in [3.63, 3.8) is 0 Å². The molecule has 0 aliphatic carbocycles. The van der Waals surface area contributed by atoms with E-state index in [-0.39, 0.29) is 0 Å². The van der Waals surface area contributed by atoms with Gasteiger partial charge in [-0.1, -0.05) is 0 Å². The second-order valence-electron chi connectivity index (χ2n) is 2.31. The lowest BCUT2D eigenvalue weighted by molar-refractivity contribution is 0.465. The van der Waals surface area contributed by atoms with Crippen LogP contribution in [0.5, 0.6) is 0 Å². The molecule has 0 amide bonds. The summed E-state index contributed by atoms with van der Waals surface area (Å²) < 4.78 is 5.20. The monoisotopic (exact) mass is 172 g/mol. The van der Waals surface area contributed by atoms with E-state index in [1.165, 1.54) is 0 Å². The number of aromatic nitrogens is 2. The largest absolute Gasteiger partial charge is 0.426 e. The molecule has 1 rings (SSSR count). The van der Waals surface area contributed by atoms with Gasteiger partial charge < -0.3 is 4.42 Å². The molecule has 4 heteroatoms. The van der Waals surface area contributed by atoms with Gasteiger partial charge >= 0.3 is 0 Å². The maximum atomic E-state index is 5.20. The van der Waals surface area contributed by atoms with Crippen molar-refractivity contribution < 1.29 is 4.42 Å². The standard InChI is InChI=1S/C7H12N2OS/c1-6-8-9-7(10-6)4-3-5-11-2/h3-5H2,1-2H3. The van der Waals surface area contributed by atoms with Gasteiger partial charge in [0.2, 0.25) is 11.8 Å². The molecule has 0 saturated heterocycles. The van der Waals surface area contributed by atoms with Crippen LogP contribution in [0.15, 0.2) is 4.42 Å².